The van der Waals surface area contributed by atoms with Crippen LogP contribution in [0.4, 0.5) is 8.78 Å². The third-order valence-electron chi connectivity index (χ3n) is 8.96. The van der Waals surface area contributed by atoms with Gasteiger partial charge in [0.2, 0.25) is 0 Å². The second kappa shape index (κ2) is 13.6. The van der Waals surface area contributed by atoms with E-state index < -0.39 is 17.3 Å². The smallest absolute Gasteiger partial charge is 0.354 e. The van der Waals surface area contributed by atoms with E-state index in [9.17, 15) is 4.79 Å². The van der Waals surface area contributed by atoms with Crippen LogP contribution in [-0.2, 0) is 6.42 Å². The SMILES string of the molecule is N=C(N)SCC[C@@H]1CCC[C@@H](c2ccc(-n3cc4cc(-c5cc(CCCC(N)C6CC6)cc(Cl)c5F)[nH]c4nc3=O)cc2F)N1. The van der Waals surface area contributed by atoms with E-state index in [2.05, 4.69) is 15.3 Å². The van der Waals surface area contributed by atoms with Crippen LogP contribution >= 0.6 is 23.4 Å². The van der Waals surface area contributed by atoms with Gasteiger partial charge in [-0.2, -0.15) is 4.98 Å². The fourth-order valence-electron chi connectivity index (χ4n) is 6.36. The van der Waals surface area contributed by atoms with E-state index in [0.29, 0.717) is 39.5 Å². The number of benzene rings is 2. The van der Waals surface area contributed by atoms with E-state index in [1.165, 1.54) is 35.2 Å². The number of rotatable bonds is 11. The van der Waals surface area contributed by atoms with Gasteiger partial charge in [0.1, 0.15) is 11.5 Å². The zero-order chi connectivity index (χ0) is 31.7. The highest BCUT2D eigenvalue weighted by Gasteiger charge is 2.28. The monoisotopic (exact) mass is 653 g/mol. The zero-order valence-corrected chi connectivity index (χ0v) is 26.5. The molecule has 45 heavy (non-hydrogen) atoms. The summed E-state index contributed by atoms with van der Waals surface area (Å²) in [6.45, 7) is 0. The fraction of sp³-hybridized carbons (Fsp3) is 0.424. The van der Waals surface area contributed by atoms with Gasteiger partial charge < -0.3 is 21.8 Å². The Bertz CT molecular complexity index is 1770. The Kier molecular flexibility index (Phi) is 9.60. The van der Waals surface area contributed by atoms with Crippen molar-refractivity contribution in [2.45, 2.75) is 75.9 Å². The minimum Gasteiger partial charge on any atom is -0.379 e. The van der Waals surface area contributed by atoms with Crippen LogP contribution in [0.2, 0.25) is 5.02 Å². The molecule has 1 aliphatic heterocycles. The molecule has 2 fully saturated rings. The van der Waals surface area contributed by atoms with Crippen molar-refractivity contribution in [2.75, 3.05) is 5.75 Å². The summed E-state index contributed by atoms with van der Waals surface area (Å²) in [5.74, 6) is 0.416. The number of nitrogens with one attached hydrogen (secondary N) is 3. The first-order valence-electron chi connectivity index (χ1n) is 15.5. The summed E-state index contributed by atoms with van der Waals surface area (Å²) in [7, 11) is 0. The molecule has 6 rings (SSSR count). The average molecular weight is 654 g/mol. The van der Waals surface area contributed by atoms with Gasteiger partial charge in [-0.25, -0.2) is 13.6 Å². The topological polar surface area (TPSA) is 139 Å². The van der Waals surface area contributed by atoms with Gasteiger partial charge in [0.05, 0.1) is 16.4 Å². The molecule has 2 aromatic carbocycles. The van der Waals surface area contributed by atoms with Gasteiger partial charge in [0, 0.05) is 46.6 Å². The molecule has 1 unspecified atom stereocenters. The number of hydrogen-bond acceptors (Lipinski definition) is 6. The first kappa shape index (κ1) is 31.7. The zero-order valence-electron chi connectivity index (χ0n) is 24.9. The molecule has 0 spiro atoms. The predicted molar refractivity (Wildman–Crippen MR) is 178 cm³/mol. The number of nitrogens with two attached hydrogens (primary N) is 2. The van der Waals surface area contributed by atoms with Crippen molar-refractivity contribution in [3.05, 3.63) is 80.9 Å². The maximum absolute atomic E-state index is 15.5. The van der Waals surface area contributed by atoms with Gasteiger partial charge in [-0.3, -0.25) is 9.98 Å². The molecule has 1 aliphatic carbocycles. The summed E-state index contributed by atoms with van der Waals surface area (Å²) in [6.07, 6.45) is 10.1. The van der Waals surface area contributed by atoms with Crippen molar-refractivity contribution in [1.29, 1.82) is 5.41 Å². The summed E-state index contributed by atoms with van der Waals surface area (Å²) < 4.78 is 32.0. The second-order valence-corrected chi connectivity index (χ2v) is 13.8. The van der Waals surface area contributed by atoms with Crippen molar-refractivity contribution in [3.63, 3.8) is 0 Å². The van der Waals surface area contributed by atoms with Crippen LogP contribution in [-0.4, -0.2) is 37.5 Å². The predicted octanol–water partition coefficient (Wildman–Crippen LogP) is 6.57. The lowest BCUT2D eigenvalue weighted by Crippen LogP contribution is -2.37. The minimum atomic E-state index is -0.582. The van der Waals surface area contributed by atoms with E-state index in [-0.39, 0.29) is 28.3 Å². The molecule has 0 bridgehead atoms. The molecule has 0 amide bonds. The summed E-state index contributed by atoms with van der Waals surface area (Å²) in [4.78, 5) is 20.3. The quantitative estimate of drug-likeness (QED) is 0.0917. The Morgan fingerprint density at radius 3 is 2.76 bits per heavy atom. The minimum absolute atomic E-state index is 0.0319. The number of nitrogens with zero attached hydrogens (tertiary/aromatic N) is 2. The Morgan fingerprint density at radius 1 is 1.18 bits per heavy atom. The van der Waals surface area contributed by atoms with E-state index in [1.54, 1.807) is 36.5 Å². The normalized spacial score (nSPS) is 19.2. The number of piperidine rings is 1. The van der Waals surface area contributed by atoms with Crippen LogP contribution < -0.4 is 22.5 Å². The van der Waals surface area contributed by atoms with Crippen molar-refractivity contribution >= 4 is 39.6 Å². The lowest BCUT2D eigenvalue weighted by molar-refractivity contribution is 0.314. The highest BCUT2D eigenvalue weighted by Crippen LogP contribution is 2.35. The molecule has 238 valence electrons. The summed E-state index contributed by atoms with van der Waals surface area (Å²) in [5.41, 5.74) is 14.0. The van der Waals surface area contributed by atoms with Crippen LogP contribution in [0.1, 0.15) is 68.5 Å². The molecular weight excluding hydrogens is 616 g/mol. The van der Waals surface area contributed by atoms with Gasteiger partial charge in [-0.05, 0) is 93.2 Å². The fourth-order valence-corrected chi connectivity index (χ4v) is 7.23. The number of aromatic nitrogens is 3. The molecular formula is C33H38ClF2N7OS. The maximum atomic E-state index is 15.5. The van der Waals surface area contributed by atoms with Crippen LogP contribution in [0.25, 0.3) is 28.0 Å². The van der Waals surface area contributed by atoms with Gasteiger partial charge in [-0.1, -0.05) is 35.9 Å². The van der Waals surface area contributed by atoms with Crippen LogP contribution in [0.5, 0.6) is 0 Å². The van der Waals surface area contributed by atoms with Crippen molar-refractivity contribution in [2.24, 2.45) is 17.4 Å². The molecule has 4 aromatic rings. The maximum Gasteiger partial charge on any atom is 0.354 e. The van der Waals surface area contributed by atoms with Crippen molar-refractivity contribution < 1.29 is 8.78 Å². The molecule has 7 N–H and O–H groups in total. The third kappa shape index (κ3) is 7.43. The number of fused-ring (bicyclic) bond motifs is 1. The van der Waals surface area contributed by atoms with Crippen molar-refractivity contribution in [3.8, 4) is 16.9 Å². The first-order valence-corrected chi connectivity index (χ1v) is 16.9. The summed E-state index contributed by atoms with van der Waals surface area (Å²) >= 11 is 7.60. The van der Waals surface area contributed by atoms with Gasteiger partial charge in [0.15, 0.2) is 11.0 Å². The van der Waals surface area contributed by atoms with Gasteiger partial charge >= 0.3 is 5.69 Å². The Morgan fingerprint density at radius 2 is 2.00 bits per heavy atom. The largest absolute Gasteiger partial charge is 0.379 e. The Labute approximate surface area is 269 Å². The molecule has 1 saturated heterocycles. The lowest BCUT2D eigenvalue weighted by Gasteiger charge is -2.31. The summed E-state index contributed by atoms with van der Waals surface area (Å²) in [6, 6.07) is 10.2. The van der Waals surface area contributed by atoms with E-state index in [4.69, 9.17) is 28.5 Å². The standard InChI is InChI=1S/C33H38ClF2N7OS/c34-25-14-18(3-1-5-27(37)19-7-8-19)13-24(30(25)36)29-15-20-17-43(33(44)42-31(20)41-29)22-9-10-23(26(35)16-22)28-6-2-4-21(40-28)11-12-45-32(38)39/h9-10,13-17,19,21,27-28,40H,1-8,11-12,37H2,(H3,38,39)(H,41,42,44)/t21-,27?,28-/m0/s1. The highest BCUT2D eigenvalue weighted by atomic mass is 35.5. The van der Waals surface area contributed by atoms with Crippen LogP contribution in [0, 0.1) is 23.0 Å². The number of hydrogen-bond donors (Lipinski definition) is 5. The van der Waals surface area contributed by atoms with Gasteiger partial charge in [0.25, 0.3) is 0 Å². The molecule has 2 aromatic heterocycles. The molecule has 3 heterocycles. The molecule has 3 atom stereocenters. The Hall–Kier alpha value is -3.25. The average Bonchev–Trinajstić information content (AvgIpc) is 3.78. The number of aromatic amines is 1. The third-order valence-corrected chi connectivity index (χ3v) is 9.99. The molecule has 2 aliphatic rings. The molecule has 1 saturated carbocycles. The Balaban J connectivity index is 1.20. The first-order chi connectivity index (χ1) is 21.7. The highest BCUT2D eigenvalue weighted by molar-refractivity contribution is 8.13. The molecule has 12 heteroatoms. The van der Waals surface area contributed by atoms with Crippen LogP contribution in [0.3, 0.4) is 0 Å². The number of halogens is 3. The number of thioether (sulfide) groups is 1. The second-order valence-electron chi connectivity index (χ2n) is 12.3. The van der Waals surface area contributed by atoms with E-state index >= 15 is 8.78 Å². The number of amidine groups is 1. The summed E-state index contributed by atoms with van der Waals surface area (Å²) in [5, 5.41) is 11.6. The molecule has 8 nitrogen and oxygen atoms in total. The van der Waals surface area contributed by atoms with Crippen LogP contribution in [0.15, 0.2) is 47.4 Å². The van der Waals surface area contributed by atoms with Crippen molar-refractivity contribution in [1.82, 2.24) is 19.9 Å². The van der Waals surface area contributed by atoms with E-state index in [1.807, 2.05) is 0 Å². The van der Waals surface area contributed by atoms with Gasteiger partial charge in [-0.15, -0.1) is 0 Å². The van der Waals surface area contributed by atoms with E-state index in [0.717, 1.165) is 56.3 Å². The lowest BCUT2D eigenvalue weighted by atomic mass is 9.92. The number of H-pyrrole nitrogens is 1. The molecule has 0 radical (unpaired) electrons. The number of aryl methyl sites for hydroxylation is 1.